The second-order valence-electron chi connectivity index (χ2n) is 8.68. The topological polar surface area (TPSA) is 79.8 Å². The van der Waals surface area contributed by atoms with Crippen LogP contribution in [0.15, 0.2) is 42.5 Å². The molecule has 2 aromatic carbocycles. The Morgan fingerprint density at radius 1 is 1.15 bits per heavy atom. The summed E-state index contributed by atoms with van der Waals surface area (Å²) in [7, 11) is 0. The van der Waals surface area contributed by atoms with Crippen LogP contribution >= 0.6 is 11.6 Å². The lowest BCUT2D eigenvalue weighted by atomic mass is 9.38. The summed E-state index contributed by atoms with van der Waals surface area (Å²) in [6, 6.07) is 10.8. The molecule has 3 aliphatic carbocycles. The number of hydrogen-bond acceptors (Lipinski definition) is 5. The first kappa shape index (κ1) is 23.7. The zero-order valence-corrected chi connectivity index (χ0v) is 18.4. The van der Waals surface area contributed by atoms with Gasteiger partial charge in [0, 0.05) is 29.1 Å². The molecular formula is C23H24ClF3N2O4. The quantitative estimate of drug-likeness (QED) is 0.424. The lowest BCUT2D eigenvalue weighted by Gasteiger charge is -2.72. The average Bonchev–Trinajstić information content (AvgIpc) is 2.73. The van der Waals surface area contributed by atoms with Crippen molar-refractivity contribution >= 4 is 17.5 Å². The summed E-state index contributed by atoms with van der Waals surface area (Å²) >= 11 is 5.62. The normalized spacial score (nSPS) is 23.9. The zero-order chi connectivity index (χ0) is 23.6. The molecule has 1 unspecified atom stereocenters. The summed E-state index contributed by atoms with van der Waals surface area (Å²) in [5, 5.41) is 16.6. The molecule has 0 heterocycles. The van der Waals surface area contributed by atoms with Crippen LogP contribution in [-0.4, -0.2) is 42.4 Å². The van der Waals surface area contributed by atoms with Crippen LogP contribution in [0.4, 0.5) is 13.2 Å². The van der Waals surface area contributed by atoms with Crippen molar-refractivity contribution in [3.8, 4) is 11.5 Å². The lowest BCUT2D eigenvalue weighted by molar-refractivity contribution is -0.223. The number of hydrogen-bond donors (Lipinski definition) is 3. The number of nitrogens with one attached hydrogen (secondary N) is 2. The zero-order valence-electron chi connectivity index (χ0n) is 17.6. The number of carbonyl (C=O) groups is 1. The molecule has 0 aromatic heterocycles. The summed E-state index contributed by atoms with van der Waals surface area (Å²) < 4.78 is 48.8. The number of amides is 1. The molecule has 5 rings (SSSR count). The van der Waals surface area contributed by atoms with Crippen molar-refractivity contribution in [1.82, 2.24) is 10.6 Å². The van der Waals surface area contributed by atoms with E-state index in [4.69, 9.17) is 21.1 Å². The summed E-state index contributed by atoms with van der Waals surface area (Å²) in [5.74, 6) is -0.398. The summed E-state index contributed by atoms with van der Waals surface area (Å²) in [6.45, 7) is -0.693. The minimum Gasteiger partial charge on any atom is -0.487 e. The van der Waals surface area contributed by atoms with Gasteiger partial charge in [-0.2, -0.15) is 0 Å². The van der Waals surface area contributed by atoms with Crippen molar-refractivity contribution in [3.05, 3.63) is 58.9 Å². The third kappa shape index (κ3) is 5.20. The highest BCUT2D eigenvalue weighted by Gasteiger charge is 2.71. The van der Waals surface area contributed by atoms with Crippen LogP contribution in [0.1, 0.15) is 24.8 Å². The summed E-state index contributed by atoms with van der Waals surface area (Å²) in [5.41, 5.74) is -0.0404. The molecule has 178 valence electrons. The van der Waals surface area contributed by atoms with Gasteiger partial charge in [-0.15, -0.1) is 0 Å². The van der Waals surface area contributed by atoms with Gasteiger partial charge in [-0.1, -0.05) is 29.8 Å². The number of carbonyl (C=O) groups excluding carboxylic acids is 1. The Hall–Kier alpha value is -2.49. The maximum atomic E-state index is 13.4. The van der Waals surface area contributed by atoms with Gasteiger partial charge in [0.15, 0.2) is 6.61 Å². The molecule has 1 atom stereocenters. The number of para-hydroxylation sites is 1. The van der Waals surface area contributed by atoms with E-state index in [1.807, 2.05) is 0 Å². The van der Waals surface area contributed by atoms with Gasteiger partial charge >= 0.3 is 0 Å². The van der Waals surface area contributed by atoms with E-state index < -0.39 is 25.1 Å². The van der Waals surface area contributed by atoms with E-state index in [1.165, 1.54) is 12.1 Å². The van der Waals surface area contributed by atoms with E-state index in [0.717, 1.165) is 6.07 Å². The molecule has 0 spiro atoms. The maximum Gasteiger partial charge on any atom is 0.272 e. The highest BCUT2D eigenvalue weighted by molar-refractivity contribution is 6.30. The van der Waals surface area contributed by atoms with Crippen LogP contribution in [-0.2, 0) is 11.3 Å². The van der Waals surface area contributed by atoms with Crippen LogP contribution in [0.2, 0.25) is 5.02 Å². The van der Waals surface area contributed by atoms with Crippen LogP contribution in [0.25, 0.3) is 0 Å². The van der Waals surface area contributed by atoms with Crippen molar-refractivity contribution in [2.24, 2.45) is 5.41 Å². The highest BCUT2D eigenvalue weighted by Crippen LogP contribution is 2.68. The van der Waals surface area contributed by atoms with Crippen molar-refractivity contribution in [1.29, 1.82) is 0 Å². The van der Waals surface area contributed by atoms with Crippen molar-refractivity contribution in [2.75, 3.05) is 13.2 Å². The number of aliphatic hydroxyl groups excluding tert-OH is 1. The molecule has 0 radical (unpaired) electrons. The van der Waals surface area contributed by atoms with Gasteiger partial charge in [0.2, 0.25) is 0 Å². The third-order valence-electron chi connectivity index (χ3n) is 6.14. The molecule has 3 saturated carbocycles. The third-order valence-corrected chi connectivity index (χ3v) is 6.45. The van der Waals surface area contributed by atoms with Gasteiger partial charge < -0.3 is 19.9 Å². The molecule has 3 N–H and O–H groups in total. The van der Waals surface area contributed by atoms with Gasteiger partial charge in [-0.25, -0.2) is 13.2 Å². The molecule has 0 aliphatic heterocycles. The Morgan fingerprint density at radius 3 is 2.58 bits per heavy atom. The Morgan fingerprint density at radius 2 is 1.88 bits per heavy atom. The van der Waals surface area contributed by atoms with Crippen molar-refractivity contribution < 1.29 is 32.5 Å². The number of alkyl halides is 2. The molecule has 10 heteroatoms. The van der Waals surface area contributed by atoms with E-state index in [-0.39, 0.29) is 40.8 Å². The average molecular weight is 485 g/mol. The molecule has 3 aliphatic rings. The second-order valence-corrected chi connectivity index (χ2v) is 9.09. The largest absolute Gasteiger partial charge is 0.487 e. The number of rotatable bonds is 11. The highest BCUT2D eigenvalue weighted by atomic mass is 35.5. The van der Waals surface area contributed by atoms with Crippen LogP contribution in [0.5, 0.6) is 11.5 Å². The van der Waals surface area contributed by atoms with Gasteiger partial charge in [0.1, 0.15) is 30.2 Å². The Balaban J connectivity index is 1.21. The van der Waals surface area contributed by atoms with E-state index >= 15 is 0 Å². The first-order valence-corrected chi connectivity index (χ1v) is 10.9. The minimum atomic E-state index is -2.57. The maximum absolute atomic E-state index is 13.4. The van der Waals surface area contributed by atoms with E-state index in [2.05, 4.69) is 10.6 Å². The number of halogens is 4. The fourth-order valence-corrected chi connectivity index (χ4v) is 4.82. The lowest BCUT2D eigenvalue weighted by Crippen LogP contribution is -2.79. The Kier molecular flexibility index (Phi) is 6.74. The van der Waals surface area contributed by atoms with Crippen molar-refractivity contribution in [2.45, 2.75) is 44.0 Å². The smallest absolute Gasteiger partial charge is 0.272 e. The molecule has 2 bridgehead atoms. The molecule has 3 fully saturated rings. The monoisotopic (exact) mass is 484 g/mol. The van der Waals surface area contributed by atoms with E-state index in [0.29, 0.717) is 30.6 Å². The van der Waals surface area contributed by atoms with Crippen LogP contribution in [0.3, 0.4) is 0 Å². The summed E-state index contributed by atoms with van der Waals surface area (Å²) in [4.78, 5) is 12.2. The predicted octanol–water partition coefficient (Wildman–Crippen LogP) is 3.65. The second kappa shape index (κ2) is 9.40. The summed E-state index contributed by atoms with van der Waals surface area (Å²) in [6.07, 6.45) is -1.55. The van der Waals surface area contributed by atoms with Gasteiger partial charge in [-0.05, 0) is 37.5 Å². The Bertz CT molecular complexity index is 1000. The fraction of sp³-hybridized carbons (Fsp3) is 0.435. The predicted molar refractivity (Wildman–Crippen MR) is 115 cm³/mol. The van der Waals surface area contributed by atoms with E-state index in [1.54, 1.807) is 24.3 Å². The molecule has 6 nitrogen and oxygen atoms in total. The van der Waals surface area contributed by atoms with Gasteiger partial charge in [0.25, 0.3) is 12.3 Å². The molecule has 33 heavy (non-hydrogen) atoms. The fourth-order valence-electron chi connectivity index (χ4n) is 4.70. The van der Waals surface area contributed by atoms with Gasteiger partial charge in [0.05, 0.1) is 5.02 Å². The molecular weight excluding hydrogens is 461 g/mol. The van der Waals surface area contributed by atoms with E-state index in [9.17, 15) is 23.1 Å². The van der Waals surface area contributed by atoms with Crippen molar-refractivity contribution in [3.63, 3.8) is 0 Å². The molecule has 0 saturated heterocycles. The SMILES string of the molecule is O=C(COc1ccc(Cl)c(F)c1)NC12CC(C(O)NCc3ccccc3OCC(F)F)(C1)C2. The first-order valence-electron chi connectivity index (χ1n) is 10.5. The number of aliphatic hydroxyl groups is 1. The molecule has 2 aromatic rings. The van der Waals surface area contributed by atoms with Gasteiger partial charge in [-0.3, -0.25) is 10.1 Å². The first-order chi connectivity index (χ1) is 15.7. The standard InChI is InChI=1S/C23H24ClF3N2O4/c24-16-6-5-15(7-17(16)25)32-10-20(30)29-23-11-22(12-23,13-23)21(31)28-8-14-3-1-2-4-18(14)33-9-19(26)27/h1-7,19,21,28,31H,8-13H2,(H,29,30). The molecule has 1 amide bonds. The number of ether oxygens (including phenoxy) is 2. The van der Waals surface area contributed by atoms with Crippen LogP contribution in [0, 0.1) is 11.2 Å². The Labute approximate surface area is 194 Å². The minimum absolute atomic E-state index is 0.0256. The van der Waals surface area contributed by atoms with Crippen LogP contribution < -0.4 is 20.1 Å². The number of benzene rings is 2.